The van der Waals surface area contributed by atoms with E-state index in [9.17, 15) is 4.79 Å². The summed E-state index contributed by atoms with van der Waals surface area (Å²) in [5.41, 5.74) is 0. The SMILES string of the molecule is CCN(CC)CCNC(CC(=O)O)Cc1cccs1. The molecule has 0 aromatic carbocycles. The zero-order valence-electron chi connectivity index (χ0n) is 11.8. The van der Waals surface area contributed by atoms with Gasteiger partial charge in [-0.2, -0.15) is 0 Å². The molecule has 5 heteroatoms. The van der Waals surface area contributed by atoms with Gasteiger partial charge in [0, 0.05) is 24.0 Å². The van der Waals surface area contributed by atoms with Crippen molar-refractivity contribution in [2.75, 3.05) is 26.2 Å². The van der Waals surface area contributed by atoms with Crippen molar-refractivity contribution in [2.45, 2.75) is 32.7 Å². The number of hydrogen-bond donors (Lipinski definition) is 2. The van der Waals surface area contributed by atoms with Crippen molar-refractivity contribution in [3.8, 4) is 0 Å². The fourth-order valence-electron chi connectivity index (χ4n) is 2.07. The van der Waals surface area contributed by atoms with Gasteiger partial charge in [0.25, 0.3) is 0 Å². The molecule has 0 radical (unpaired) electrons. The van der Waals surface area contributed by atoms with E-state index in [2.05, 4.69) is 30.1 Å². The Morgan fingerprint density at radius 2 is 2.21 bits per heavy atom. The number of aliphatic carboxylic acids is 1. The second kappa shape index (κ2) is 9.07. The molecule has 4 nitrogen and oxygen atoms in total. The first-order valence-electron chi connectivity index (χ1n) is 6.85. The van der Waals surface area contributed by atoms with Crippen molar-refractivity contribution < 1.29 is 9.90 Å². The van der Waals surface area contributed by atoms with Gasteiger partial charge in [0.05, 0.1) is 6.42 Å². The standard InChI is InChI=1S/C14H24N2O2S/c1-3-16(4-2)8-7-15-12(11-14(17)18)10-13-6-5-9-19-13/h5-6,9,12,15H,3-4,7-8,10-11H2,1-2H3,(H,17,18). The molecule has 1 heterocycles. The summed E-state index contributed by atoms with van der Waals surface area (Å²) in [5.74, 6) is -0.739. The quantitative estimate of drug-likeness (QED) is 0.690. The van der Waals surface area contributed by atoms with Gasteiger partial charge in [-0.15, -0.1) is 11.3 Å². The number of likely N-dealkylation sites (N-methyl/N-ethyl adjacent to an activating group) is 1. The van der Waals surface area contributed by atoms with E-state index in [1.807, 2.05) is 11.4 Å². The smallest absolute Gasteiger partial charge is 0.304 e. The number of hydrogen-bond acceptors (Lipinski definition) is 4. The molecule has 1 unspecified atom stereocenters. The third-order valence-electron chi connectivity index (χ3n) is 3.20. The lowest BCUT2D eigenvalue weighted by atomic mass is 10.1. The molecule has 0 fully saturated rings. The third-order valence-corrected chi connectivity index (χ3v) is 4.10. The summed E-state index contributed by atoms with van der Waals surface area (Å²) in [4.78, 5) is 14.5. The van der Waals surface area contributed by atoms with Crippen molar-refractivity contribution in [3.05, 3.63) is 22.4 Å². The summed E-state index contributed by atoms with van der Waals surface area (Å²) in [7, 11) is 0. The lowest BCUT2D eigenvalue weighted by molar-refractivity contribution is -0.137. The molecule has 19 heavy (non-hydrogen) atoms. The second-order valence-electron chi connectivity index (χ2n) is 4.56. The molecule has 0 bridgehead atoms. The predicted molar refractivity (Wildman–Crippen MR) is 79.9 cm³/mol. The topological polar surface area (TPSA) is 52.6 Å². The molecule has 1 atom stereocenters. The highest BCUT2D eigenvalue weighted by molar-refractivity contribution is 7.09. The van der Waals surface area contributed by atoms with Crippen LogP contribution in [0.4, 0.5) is 0 Å². The summed E-state index contributed by atoms with van der Waals surface area (Å²) < 4.78 is 0. The Bertz CT molecular complexity index is 350. The molecule has 0 aliphatic heterocycles. The van der Waals surface area contributed by atoms with E-state index in [-0.39, 0.29) is 12.5 Å². The van der Waals surface area contributed by atoms with E-state index >= 15 is 0 Å². The van der Waals surface area contributed by atoms with Crippen LogP contribution in [0.1, 0.15) is 25.1 Å². The van der Waals surface area contributed by atoms with Gasteiger partial charge in [0.1, 0.15) is 0 Å². The van der Waals surface area contributed by atoms with Crippen LogP contribution in [0.25, 0.3) is 0 Å². The Kier molecular flexibility index (Phi) is 7.70. The highest BCUT2D eigenvalue weighted by atomic mass is 32.1. The molecule has 0 saturated heterocycles. The maximum Gasteiger partial charge on any atom is 0.304 e. The van der Waals surface area contributed by atoms with Gasteiger partial charge in [-0.05, 0) is 31.0 Å². The molecule has 1 rings (SSSR count). The molecular weight excluding hydrogens is 260 g/mol. The van der Waals surface area contributed by atoms with E-state index in [1.165, 1.54) is 4.88 Å². The minimum atomic E-state index is -0.739. The molecule has 1 aromatic rings. The van der Waals surface area contributed by atoms with Crippen molar-refractivity contribution in [3.63, 3.8) is 0 Å². The average Bonchev–Trinajstić information content (AvgIpc) is 2.86. The number of carboxylic acids is 1. The molecule has 0 aliphatic carbocycles. The Labute approximate surface area is 119 Å². The maximum absolute atomic E-state index is 10.9. The highest BCUT2D eigenvalue weighted by Gasteiger charge is 2.14. The van der Waals surface area contributed by atoms with Crippen LogP contribution in [0.2, 0.25) is 0 Å². The fraction of sp³-hybridized carbons (Fsp3) is 0.643. The Morgan fingerprint density at radius 3 is 2.74 bits per heavy atom. The van der Waals surface area contributed by atoms with Crippen LogP contribution < -0.4 is 5.32 Å². The summed E-state index contributed by atoms with van der Waals surface area (Å²) >= 11 is 1.68. The molecule has 1 aromatic heterocycles. The Morgan fingerprint density at radius 1 is 1.47 bits per heavy atom. The van der Waals surface area contributed by atoms with Crippen molar-refractivity contribution in [1.29, 1.82) is 0 Å². The minimum absolute atomic E-state index is 0.0201. The van der Waals surface area contributed by atoms with Gasteiger partial charge < -0.3 is 15.3 Å². The fourth-order valence-corrected chi connectivity index (χ4v) is 2.85. The summed E-state index contributed by atoms with van der Waals surface area (Å²) in [6.45, 7) is 8.16. The van der Waals surface area contributed by atoms with Crippen LogP contribution in [0.5, 0.6) is 0 Å². The van der Waals surface area contributed by atoms with E-state index in [4.69, 9.17) is 5.11 Å². The molecule has 0 saturated carbocycles. The number of carbonyl (C=O) groups is 1. The summed E-state index contributed by atoms with van der Waals surface area (Å²) in [5, 5.41) is 14.4. The average molecular weight is 284 g/mol. The van der Waals surface area contributed by atoms with Gasteiger partial charge in [-0.25, -0.2) is 0 Å². The number of nitrogens with one attached hydrogen (secondary N) is 1. The monoisotopic (exact) mass is 284 g/mol. The van der Waals surface area contributed by atoms with Gasteiger partial charge in [-0.1, -0.05) is 19.9 Å². The van der Waals surface area contributed by atoms with Crippen molar-refractivity contribution >= 4 is 17.3 Å². The largest absolute Gasteiger partial charge is 0.481 e. The maximum atomic E-state index is 10.9. The second-order valence-corrected chi connectivity index (χ2v) is 5.59. The van der Waals surface area contributed by atoms with Crippen molar-refractivity contribution in [2.24, 2.45) is 0 Å². The van der Waals surface area contributed by atoms with Gasteiger partial charge in [-0.3, -0.25) is 4.79 Å². The first kappa shape index (κ1) is 16.1. The molecule has 0 amide bonds. The van der Waals surface area contributed by atoms with Gasteiger partial charge >= 0.3 is 5.97 Å². The van der Waals surface area contributed by atoms with Gasteiger partial charge in [0.2, 0.25) is 0 Å². The minimum Gasteiger partial charge on any atom is -0.481 e. The van der Waals surface area contributed by atoms with Crippen LogP contribution in [0, 0.1) is 0 Å². The molecular formula is C14H24N2O2S. The normalized spacial score (nSPS) is 12.8. The van der Waals surface area contributed by atoms with Crippen LogP contribution >= 0.6 is 11.3 Å². The predicted octanol–water partition coefficient (Wildman–Crippen LogP) is 2.07. The summed E-state index contributed by atoms with van der Waals surface area (Å²) in [6, 6.07) is 4.09. The first-order chi connectivity index (χ1) is 9.15. The van der Waals surface area contributed by atoms with Crippen LogP contribution in [0.15, 0.2) is 17.5 Å². The lowest BCUT2D eigenvalue weighted by Crippen LogP contribution is -2.39. The van der Waals surface area contributed by atoms with E-state index in [0.29, 0.717) is 0 Å². The van der Waals surface area contributed by atoms with Crippen molar-refractivity contribution in [1.82, 2.24) is 10.2 Å². The lowest BCUT2D eigenvalue weighted by Gasteiger charge is -2.21. The Hall–Kier alpha value is -0.910. The molecule has 0 spiro atoms. The zero-order chi connectivity index (χ0) is 14.1. The van der Waals surface area contributed by atoms with E-state index < -0.39 is 5.97 Å². The Balaban J connectivity index is 2.39. The van der Waals surface area contributed by atoms with E-state index in [1.54, 1.807) is 11.3 Å². The van der Waals surface area contributed by atoms with E-state index in [0.717, 1.165) is 32.6 Å². The number of nitrogens with zero attached hydrogens (tertiary/aromatic N) is 1. The number of carboxylic acid groups (broad SMARTS) is 1. The van der Waals surface area contributed by atoms with Crippen LogP contribution in [0.3, 0.4) is 0 Å². The molecule has 0 aliphatic rings. The molecule has 2 N–H and O–H groups in total. The highest BCUT2D eigenvalue weighted by Crippen LogP contribution is 2.12. The van der Waals surface area contributed by atoms with Crippen LogP contribution in [-0.4, -0.2) is 48.2 Å². The first-order valence-corrected chi connectivity index (χ1v) is 7.73. The molecule has 108 valence electrons. The summed E-state index contributed by atoms with van der Waals surface area (Å²) in [6.07, 6.45) is 0.971. The number of rotatable bonds is 10. The van der Waals surface area contributed by atoms with Gasteiger partial charge in [0.15, 0.2) is 0 Å². The zero-order valence-corrected chi connectivity index (χ0v) is 12.6. The third kappa shape index (κ3) is 6.71. The van der Waals surface area contributed by atoms with Crippen LogP contribution in [-0.2, 0) is 11.2 Å². The number of thiophene rings is 1.